The summed E-state index contributed by atoms with van der Waals surface area (Å²) in [5.41, 5.74) is 2.11. The molecular weight excluding hydrogens is 286 g/mol. The van der Waals surface area contributed by atoms with Crippen molar-refractivity contribution >= 4 is 0 Å². The second kappa shape index (κ2) is 7.26. The highest BCUT2D eigenvalue weighted by molar-refractivity contribution is 5.34. The molecule has 3 nitrogen and oxygen atoms in total. The summed E-state index contributed by atoms with van der Waals surface area (Å²) < 4.78 is 12.8. The molecule has 1 heterocycles. The van der Waals surface area contributed by atoms with Crippen molar-refractivity contribution in [2.24, 2.45) is 0 Å². The van der Waals surface area contributed by atoms with Crippen LogP contribution in [0.2, 0.25) is 0 Å². The maximum atomic E-state index is 6.55. The topological polar surface area (TPSA) is 21.7 Å². The molecule has 1 aliphatic heterocycles. The Hall–Kier alpha value is -1.68. The number of benzene rings is 2. The van der Waals surface area contributed by atoms with Gasteiger partial charge in [0.25, 0.3) is 0 Å². The Labute approximate surface area is 138 Å². The fraction of sp³-hybridized carbons (Fsp3) is 0.400. The predicted molar refractivity (Wildman–Crippen MR) is 92.3 cm³/mol. The Morgan fingerprint density at radius 1 is 0.957 bits per heavy atom. The molecule has 1 aliphatic rings. The fourth-order valence-electron chi connectivity index (χ4n) is 3.05. The van der Waals surface area contributed by atoms with Gasteiger partial charge in [-0.1, -0.05) is 60.7 Å². The Morgan fingerprint density at radius 2 is 1.52 bits per heavy atom. The molecule has 1 saturated heterocycles. The molecule has 23 heavy (non-hydrogen) atoms. The lowest BCUT2D eigenvalue weighted by Gasteiger charge is -2.42. The highest BCUT2D eigenvalue weighted by Crippen LogP contribution is 2.40. The van der Waals surface area contributed by atoms with Crippen LogP contribution >= 0.6 is 0 Å². The van der Waals surface area contributed by atoms with E-state index in [2.05, 4.69) is 43.3 Å². The normalized spacial score (nSPS) is 20.6. The Kier molecular flexibility index (Phi) is 5.11. The molecule has 1 unspecified atom stereocenters. The Morgan fingerprint density at radius 3 is 2.04 bits per heavy atom. The van der Waals surface area contributed by atoms with Crippen molar-refractivity contribution in [2.75, 3.05) is 27.2 Å². The van der Waals surface area contributed by atoms with Crippen LogP contribution in [0.5, 0.6) is 0 Å². The van der Waals surface area contributed by atoms with Gasteiger partial charge in [0.2, 0.25) is 5.79 Å². The molecular formula is C20H25NO2. The summed E-state index contributed by atoms with van der Waals surface area (Å²) >= 11 is 0. The molecule has 2 aromatic rings. The molecule has 0 aliphatic carbocycles. The lowest BCUT2D eigenvalue weighted by Crippen LogP contribution is -2.44. The summed E-state index contributed by atoms with van der Waals surface area (Å²) in [6.45, 7) is 1.73. The molecule has 3 heteroatoms. The molecule has 0 bridgehead atoms. The maximum absolute atomic E-state index is 6.55. The van der Waals surface area contributed by atoms with Gasteiger partial charge >= 0.3 is 0 Å². The van der Waals surface area contributed by atoms with E-state index in [1.807, 2.05) is 36.4 Å². The zero-order valence-electron chi connectivity index (χ0n) is 13.9. The third kappa shape index (κ3) is 3.63. The monoisotopic (exact) mass is 311 g/mol. The second-order valence-electron chi connectivity index (χ2n) is 6.32. The second-order valence-corrected chi connectivity index (χ2v) is 6.32. The van der Waals surface area contributed by atoms with Crippen molar-refractivity contribution in [1.29, 1.82) is 0 Å². The number of nitrogens with zero attached hydrogens (tertiary/aromatic N) is 1. The van der Waals surface area contributed by atoms with Crippen LogP contribution < -0.4 is 0 Å². The first-order valence-electron chi connectivity index (χ1n) is 8.28. The summed E-state index contributed by atoms with van der Waals surface area (Å²) in [6, 6.07) is 20.5. The van der Waals surface area contributed by atoms with Crippen LogP contribution in [0.1, 0.15) is 24.0 Å². The Bertz CT molecular complexity index is 558. The van der Waals surface area contributed by atoms with Gasteiger partial charge in [0.15, 0.2) is 0 Å². The molecule has 3 rings (SSSR count). The first-order valence-corrected chi connectivity index (χ1v) is 8.28. The van der Waals surface area contributed by atoms with Gasteiger partial charge in [-0.3, -0.25) is 0 Å². The first kappa shape index (κ1) is 16.2. The van der Waals surface area contributed by atoms with Crippen LogP contribution in [0.4, 0.5) is 0 Å². The molecule has 1 atom stereocenters. The van der Waals surface area contributed by atoms with Crippen molar-refractivity contribution in [3.05, 3.63) is 71.8 Å². The Balaban J connectivity index is 1.93. The van der Waals surface area contributed by atoms with Crippen LogP contribution in [0.15, 0.2) is 60.7 Å². The van der Waals surface area contributed by atoms with E-state index in [1.165, 1.54) is 0 Å². The average molecular weight is 311 g/mol. The minimum absolute atomic E-state index is 0.201. The molecule has 0 saturated carbocycles. The maximum Gasteiger partial charge on any atom is 0.222 e. The SMILES string of the molecule is CN(C)CCC1CCOC(c2ccccc2)(c2ccccc2)O1. The van der Waals surface area contributed by atoms with Crippen molar-refractivity contribution in [1.82, 2.24) is 4.90 Å². The van der Waals surface area contributed by atoms with Crippen LogP contribution in [0, 0.1) is 0 Å². The standard InChI is InChI=1S/C20H25NO2/c1-21(2)15-13-19-14-16-22-20(23-19,17-9-5-3-6-10-17)18-11-7-4-8-12-18/h3-12,19H,13-16H2,1-2H3. The molecule has 0 spiro atoms. The zero-order chi connectivity index (χ0) is 16.1. The van der Waals surface area contributed by atoms with Gasteiger partial charge in [0, 0.05) is 11.1 Å². The number of ether oxygens (including phenoxy) is 2. The quantitative estimate of drug-likeness (QED) is 0.841. The van der Waals surface area contributed by atoms with Crippen molar-refractivity contribution in [3.8, 4) is 0 Å². The predicted octanol–water partition coefficient (Wildman–Crippen LogP) is 3.64. The molecule has 0 radical (unpaired) electrons. The number of rotatable bonds is 5. The van der Waals surface area contributed by atoms with E-state index in [-0.39, 0.29) is 6.10 Å². The van der Waals surface area contributed by atoms with Gasteiger partial charge in [0.1, 0.15) is 0 Å². The van der Waals surface area contributed by atoms with Crippen LogP contribution in [-0.4, -0.2) is 38.3 Å². The molecule has 0 aromatic heterocycles. The van der Waals surface area contributed by atoms with E-state index in [9.17, 15) is 0 Å². The molecule has 0 N–H and O–H groups in total. The minimum Gasteiger partial charge on any atom is -0.342 e. The van der Waals surface area contributed by atoms with Gasteiger partial charge in [0.05, 0.1) is 12.7 Å². The lowest BCUT2D eigenvalue weighted by molar-refractivity contribution is -0.279. The first-order chi connectivity index (χ1) is 11.2. The number of hydrogen-bond donors (Lipinski definition) is 0. The van der Waals surface area contributed by atoms with Gasteiger partial charge in [-0.05, 0) is 33.5 Å². The number of hydrogen-bond acceptors (Lipinski definition) is 3. The van der Waals surface area contributed by atoms with Gasteiger partial charge < -0.3 is 14.4 Å². The van der Waals surface area contributed by atoms with E-state index < -0.39 is 5.79 Å². The minimum atomic E-state index is -0.794. The van der Waals surface area contributed by atoms with E-state index in [4.69, 9.17) is 9.47 Å². The lowest BCUT2D eigenvalue weighted by atomic mass is 9.95. The summed E-state index contributed by atoms with van der Waals surface area (Å²) in [6.07, 6.45) is 2.15. The zero-order valence-corrected chi connectivity index (χ0v) is 13.9. The third-order valence-electron chi connectivity index (χ3n) is 4.28. The summed E-state index contributed by atoms with van der Waals surface area (Å²) in [5, 5.41) is 0. The average Bonchev–Trinajstić information content (AvgIpc) is 2.61. The fourth-order valence-corrected chi connectivity index (χ4v) is 3.05. The smallest absolute Gasteiger partial charge is 0.222 e. The van der Waals surface area contributed by atoms with E-state index in [0.29, 0.717) is 6.61 Å². The van der Waals surface area contributed by atoms with Crippen molar-refractivity contribution < 1.29 is 9.47 Å². The third-order valence-corrected chi connectivity index (χ3v) is 4.28. The van der Waals surface area contributed by atoms with Crippen molar-refractivity contribution in [2.45, 2.75) is 24.7 Å². The van der Waals surface area contributed by atoms with Crippen LogP contribution in [-0.2, 0) is 15.3 Å². The van der Waals surface area contributed by atoms with E-state index in [0.717, 1.165) is 30.5 Å². The summed E-state index contributed by atoms with van der Waals surface area (Å²) in [4.78, 5) is 2.20. The molecule has 2 aromatic carbocycles. The van der Waals surface area contributed by atoms with Crippen LogP contribution in [0.3, 0.4) is 0 Å². The van der Waals surface area contributed by atoms with E-state index >= 15 is 0 Å². The van der Waals surface area contributed by atoms with Gasteiger partial charge in [-0.25, -0.2) is 0 Å². The van der Waals surface area contributed by atoms with Gasteiger partial charge in [-0.15, -0.1) is 0 Å². The summed E-state index contributed by atoms with van der Waals surface area (Å²) in [5.74, 6) is -0.794. The molecule has 0 amide bonds. The van der Waals surface area contributed by atoms with Crippen LogP contribution in [0.25, 0.3) is 0 Å². The largest absolute Gasteiger partial charge is 0.342 e. The summed E-state index contributed by atoms with van der Waals surface area (Å²) in [7, 11) is 4.20. The highest BCUT2D eigenvalue weighted by Gasteiger charge is 2.41. The van der Waals surface area contributed by atoms with Crippen molar-refractivity contribution in [3.63, 3.8) is 0 Å². The molecule has 122 valence electrons. The van der Waals surface area contributed by atoms with Gasteiger partial charge in [-0.2, -0.15) is 0 Å². The highest BCUT2D eigenvalue weighted by atomic mass is 16.7. The van der Waals surface area contributed by atoms with E-state index in [1.54, 1.807) is 0 Å². The molecule has 1 fully saturated rings.